The molecule has 3 aliphatic heterocycles. The van der Waals surface area contributed by atoms with E-state index in [1.807, 2.05) is 18.2 Å². The van der Waals surface area contributed by atoms with E-state index in [1.54, 1.807) is 7.11 Å². The molecule has 0 radical (unpaired) electrons. The van der Waals surface area contributed by atoms with Gasteiger partial charge in [0.25, 0.3) is 0 Å². The first-order chi connectivity index (χ1) is 15.1. The molecule has 4 heterocycles. The van der Waals surface area contributed by atoms with E-state index in [-0.39, 0.29) is 18.4 Å². The van der Waals surface area contributed by atoms with E-state index < -0.39 is 6.10 Å². The number of benzene rings is 2. The molecule has 3 aliphatic rings. The van der Waals surface area contributed by atoms with Gasteiger partial charge in [-0.2, -0.15) is 0 Å². The number of methoxy groups -OCH3 is 1. The summed E-state index contributed by atoms with van der Waals surface area (Å²) in [6.45, 7) is 6.60. The second-order valence-corrected chi connectivity index (χ2v) is 9.31. The molecule has 4 nitrogen and oxygen atoms in total. The molecular formula is C27H33ClN2O2. The Balaban J connectivity index is 0.00000245. The van der Waals surface area contributed by atoms with Gasteiger partial charge in [0.15, 0.2) is 0 Å². The molecule has 0 spiro atoms. The number of aliphatic hydroxyl groups excluding tert-OH is 1. The topological polar surface area (TPSA) is 45.6 Å². The maximum Gasteiger partial charge on any atom is 0.119 e. The lowest BCUT2D eigenvalue weighted by Gasteiger charge is -2.51. The minimum atomic E-state index is -0.539. The van der Waals surface area contributed by atoms with Gasteiger partial charge in [-0.05, 0) is 68.0 Å². The summed E-state index contributed by atoms with van der Waals surface area (Å²) in [6.07, 6.45) is 3.04. The van der Waals surface area contributed by atoms with Crippen molar-refractivity contribution in [2.45, 2.75) is 45.3 Å². The summed E-state index contributed by atoms with van der Waals surface area (Å²) < 4.78 is 5.49. The van der Waals surface area contributed by atoms with E-state index in [0.29, 0.717) is 0 Å². The number of hydrogen-bond acceptors (Lipinski definition) is 4. The highest BCUT2D eigenvalue weighted by molar-refractivity contribution is 5.87. The van der Waals surface area contributed by atoms with E-state index in [9.17, 15) is 5.11 Å². The SMILES string of the molecule is CC[C@H]1CN2CC[C@H]1C[C@H]2[C@H](O)c1cc(-c2ccc(C)cc2)nc2ccc(OC)cc12.Cl. The Morgan fingerprint density at radius 1 is 1.16 bits per heavy atom. The van der Waals surface area contributed by atoms with Crippen LogP contribution < -0.4 is 4.74 Å². The molecule has 32 heavy (non-hydrogen) atoms. The van der Waals surface area contributed by atoms with Crippen LogP contribution in [0.5, 0.6) is 5.75 Å². The summed E-state index contributed by atoms with van der Waals surface area (Å²) in [5, 5.41) is 12.7. The molecule has 0 amide bonds. The minimum Gasteiger partial charge on any atom is -0.497 e. The number of aryl methyl sites for hydroxylation is 1. The highest BCUT2D eigenvalue weighted by Crippen LogP contribution is 2.43. The molecule has 0 saturated carbocycles. The number of halogens is 1. The van der Waals surface area contributed by atoms with Crippen molar-refractivity contribution in [1.29, 1.82) is 0 Å². The Hall–Kier alpha value is -2.14. The fourth-order valence-corrected chi connectivity index (χ4v) is 5.65. The fourth-order valence-electron chi connectivity index (χ4n) is 5.65. The number of nitrogens with zero attached hydrogens (tertiary/aromatic N) is 2. The van der Waals surface area contributed by atoms with Crippen LogP contribution in [0.4, 0.5) is 0 Å². The Kier molecular flexibility index (Phi) is 6.75. The Morgan fingerprint density at radius 3 is 2.59 bits per heavy atom. The Labute approximate surface area is 197 Å². The summed E-state index contributed by atoms with van der Waals surface area (Å²) in [4.78, 5) is 7.46. The number of aliphatic hydroxyl groups is 1. The summed E-state index contributed by atoms with van der Waals surface area (Å²) >= 11 is 0. The van der Waals surface area contributed by atoms with Crippen LogP contribution in [0.25, 0.3) is 22.2 Å². The fraction of sp³-hybridized carbons (Fsp3) is 0.444. The van der Waals surface area contributed by atoms with Crippen molar-refractivity contribution >= 4 is 23.3 Å². The highest BCUT2D eigenvalue weighted by Gasteiger charge is 2.42. The van der Waals surface area contributed by atoms with E-state index in [2.05, 4.69) is 49.1 Å². The number of rotatable bonds is 5. The summed E-state index contributed by atoms with van der Waals surface area (Å²) in [5.74, 6) is 2.30. The van der Waals surface area contributed by atoms with Gasteiger partial charge in [-0.25, -0.2) is 4.98 Å². The lowest BCUT2D eigenvalue weighted by atomic mass is 9.72. The molecule has 3 fully saturated rings. The van der Waals surface area contributed by atoms with Crippen LogP contribution in [0.2, 0.25) is 0 Å². The predicted octanol–water partition coefficient (Wildman–Crippen LogP) is 5.79. The maximum atomic E-state index is 11.7. The van der Waals surface area contributed by atoms with Gasteiger partial charge in [0.1, 0.15) is 5.75 Å². The maximum absolute atomic E-state index is 11.7. The number of pyridine rings is 1. The zero-order chi connectivity index (χ0) is 21.5. The third kappa shape index (κ3) is 4.12. The molecule has 0 aliphatic carbocycles. The van der Waals surface area contributed by atoms with Crippen LogP contribution >= 0.6 is 12.4 Å². The number of hydrogen-bond donors (Lipinski definition) is 1. The zero-order valence-corrected chi connectivity index (χ0v) is 19.9. The molecule has 2 aromatic carbocycles. The van der Waals surface area contributed by atoms with Crippen molar-refractivity contribution in [3.63, 3.8) is 0 Å². The van der Waals surface area contributed by atoms with Crippen LogP contribution in [-0.2, 0) is 0 Å². The van der Waals surface area contributed by atoms with Gasteiger partial charge in [-0.1, -0.05) is 43.2 Å². The molecule has 3 aromatic rings. The lowest BCUT2D eigenvalue weighted by molar-refractivity contribution is -0.0562. The van der Waals surface area contributed by atoms with Gasteiger partial charge in [0, 0.05) is 23.5 Å². The molecule has 170 valence electrons. The van der Waals surface area contributed by atoms with Gasteiger partial charge < -0.3 is 9.84 Å². The monoisotopic (exact) mass is 452 g/mol. The van der Waals surface area contributed by atoms with Crippen molar-refractivity contribution in [3.05, 3.63) is 59.7 Å². The first-order valence-electron chi connectivity index (χ1n) is 11.5. The highest BCUT2D eigenvalue weighted by atomic mass is 35.5. The molecule has 1 unspecified atom stereocenters. The number of aromatic nitrogens is 1. The molecule has 3 saturated heterocycles. The second kappa shape index (κ2) is 9.38. The molecule has 6 rings (SSSR count). The van der Waals surface area contributed by atoms with Gasteiger partial charge in [-0.3, -0.25) is 4.90 Å². The third-order valence-electron chi connectivity index (χ3n) is 7.54. The average molecular weight is 453 g/mol. The van der Waals surface area contributed by atoms with Crippen LogP contribution in [0, 0.1) is 18.8 Å². The van der Waals surface area contributed by atoms with Gasteiger partial charge in [0.2, 0.25) is 0 Å². The van der Waals surface area contributed by atoms with E-state index in [4.69, 9.17) is 9.72 Å². The van der Waals surface area contributed by atoms with E-state index in [0.717, 1.165) is 64.8 Å². The third-order valence-corrected chi connectivity index (χ3v) is 7.54. The first-order valence-corrected chi connectivity index (χ1v) is 11.5. The molecule has 2 bridgehead atoms. The van der Waals surface area contributed by atoms with Crippen LogP contribution in [0.3, 0.4) is 0 Å². The Bertz CT molecular complexity index is 1080. The standard InChI is InChI=1S/C27H32N2O2.ClH/c1-4-18-16-29-12-11-20(18)13-26(29)27(30)23-15-25(19-7-5-17(2)6-8-19)28-24-10-9-21(31-3)14-22(23)24;/h5-10,14-15,18,20,26-27,30H,4,11-13,16H2,1-3H3;1H/t18-,20-,26-,27+;/m0./s1. The first kappa shape index (κ1) is 23.0. The van der Waals surface area contributed by atoms with Crippen molar-refractivity contribution in [2.24, 2.45) is 11.8 Å². The molecular weight excluding hydrogens is 420 g/mol. The van der Waals surface area contributed by atoms with Gasteiger partial charge in [0.05, 0.1) is 24.4 Å². The Morgan fingerprint density at radius 2 is 1.94 bits per heavy atom. The van der Waals surface area contributed by atoms with E-state index in [1.165, 1.54) is 18.4 Å². The predicted molar refractivity (Wildman–Crippen MR) is 133 cm³/mol. The van der Waals surface area contributed by atoms with Gasteiger partial charge in [-0.15, -0.1) is 12.4 Å². The van der Waals surface area contributed by atoms with Crippen LogP contribution in [0.1, 0.15) is 43.4 Å². The smallest absolute Gasteiger partial charge is 0.119 e. The van der Waals surface area contributed by atoms with Crippen molar-refractivity contribution in [3.8, 4) is 17.0 Å². The molecule has 5 atom stereocenters. The van der Waals surface area contributed by atoms with Crippen LogP contribution in [-0.4, -0.2) is 41.2 Å². The average Bonchev–Trinajstić information content (AvgIpc) is 2.83. The zero-order valence-electron chi connectivity index (χ0n) is 19.1. The van der Waals surface area contributed by atoms with Crippen molar-refractivity contribution in [1.82, 2.24) is 9.88 Å². The van der Waals surface area contributed by atoms with Crippen LogP contribution in [0.15, 0.2) is 48.5 Å². The summed E-state index contributed by atoms with van der Waals surface area (Å²) in [6, 6.07) is 16.7. The number of ether oxygens (including phenoxy) is 1. The normalized spacial score (nSPS) is 25.4. The minimum absolute atomic E-state index is 0. The van der Waals surface area contributed by atoms with Crippen molar-refractivity contribution < 1.29 is 9.84 Å². The second-order valence-electron chi connectivity index (χ2n) is 9.31. The number of fused-ring (bicyclic) bond motifs is 4. The molecule has 1 aromatic heterocycles. The van der Waals surface area contributed by atoms with E-state index >= 15 is 0 Å². The summed E-state index contributed by atoms with van der Waals surface area (Å²) in [7, 11) is 1.68. The number of piperidine rings is 3. The summed E-state index contributed by atoms with van der Waals surface area (Å²) in [5.41, 5.74) is 5.08. The molecule has 1 N–H and O–H groups in total. The van der Waals surface area contributed by atoms with Gasteiger partial charge >= 0.3 is 0 Å². The van der Waals surface area contributed by atoms with Crippen molar-refractivity contribution in [2.75, 3.05) is 20.2 Å². The largest absolute Gasteiger partial charge is 0.497 e. The lowest BCUT2D eigenvalue weighted by Crippen LogP contribution is -2.55. The molecule has 5 heteroatoms. The quantitative estimate of drug-likeness (QED) is 0.531.